The molecule has 1 N–H and O–H groups in total. The third-order valence-electron chi connectivity index (χ3n) is 4.48. The number of hydrogen-bond acceptors (Lipinski definition) is 3. The van der Waals surface area contributed by atoms with Crippen molar-refractivity contribution in [1.82, 2.24) is 10.2 Å². The number of carbonyl (C=O) groups is 1. The van der Waals surface area contributed by atoms with Crippen LogP contribution in [0.2, 0.25) is 0 Å². The summed E-state index contributed by atoms with van der Waals surface area (Å²) in [4.78, 5) is 18.1. The molecule has 2 amide bonds. The van der Waals surface area contributed by atoms with E-state index in [0.29, 0.717) is 5.92 Å². The van der Waals surface area contributed by atoms with Gasteiger partial charge in [0, 0.05) is 36.7 Å². The van der Waals surface area contributed by atoms with E-state index in [9.17, 15) is 4.79 Å². The van der Waals surface area contributed by atoms with Crippen LogP contribution in [-0.4, -0.2) is 37.1 Å². The highest BCUT2D eigenvalue weighted by Gasteiger charge is 2.25. The fraction of sp³-hybridized carbons (Fsp3) is 0.421. The van der Waals surface area contributed by atoms with Crippen molar-refractivity contribution in [3.05, 3.63) is 52.7 Å². The standard InChI is InChI=1S/C19H25N3OS/c1-15(2)18(17-9-6-14-24-17)20-19(23)22-12-10-21(11-13-22)16-7-4-3-5-8-16/h3-9,14-15,18H,10-13H2,1-2H3,(H,20,23). The molecule has 1 aliphatic rings. The highest BCUT2D eigenvalue weighted by Crippen LogP contribution is 2.26. The summed E-state index contributed by atoms with van der Waals surface area (Å²) in [5.74, 6) is 0.373. The summed E-state index contributed by atoms with van der Waals surface area (Å²) in [5.41, 5.74) is 1.23. The minimum absolute atomic E-state index is 0.0508. The van der Waals surface area contributed by atoms with Gasteiger partial charge >= 0.3 is 6.03 Å². The van der Waals surface area contributed by atoms with E-state index in [2.05, 4.69) is 59.8 Å². The monoisotopic (exact) mass is 343 g/mol. The van der Waals surface area contributed by atoms with Gasteiger partial charge in [-0.1, -0.05) is 38.1 Å². The lowest BCUT2D eigenvalue weighted by Gasteiger charge is -2.37. The van der Waals surface area contributed by atoms with Gasteiger partial charge in [0.1, 0.15) is 0 Å². The molecule has 2 heterocycles. The number of hydrogen-bond donors (Lipinski definition) is 1. The molecule has 24 heavy (non-hydrogen) atoms. The number of anilines is 1. The van der Waals surface area contributed by atoms with Crippen molar-refractivity contribution in [2.45, 2.75) is 19.9 Å². The Morgan fingerprint density at radius 2 is 1.75 bits per heavy atom. The number of nitrogens with one attached hydrogen (secondary N) is 1. The van der Waals surface area contributed by atoms with Gasteiger partial charge in [-0.05, 0) is 29.5 Å². The summed E-state index contributed by atoms with van der Waals surface area (Å²) in [6.07, 6.45) is 0. The number of para-hydroxylation sites is 1. The predicted octanol–water partition coefficient (Wildman–Crippen LogP) is 3.98. The van der Waals surface area contributed by atoms with Crippen molar-refractivity contribution in [1.29, 1.82) is 0 Å². The molecule has 128 valence electrons. The Bertz CT molecular complexity index is 634. The third-order valence-corrected chi connectivity index (χ3v) is 5.44. The van der Waals surface area contributed by atoms with Crippen LogP contribution in [0, 0.1) is 5.92 Å². The van der Waals surface area contributed by atoms with Crippen LogP contribution in [0.5, 0.6) is 0 Å². The Hall–Kier alpha value is -2.01. The maximum absolute atomic E-state index is 12.7. The Labute approximate surface area is 148 Å². The van der Waals surface area contributed by atoms with E-state index in [1.807, 2.05) is 17.0 Å². The first kappa shape index (κ1) is 16.8. The van der Waals surface area contributed by atoms with Gasteiger partial charge in [-0.25, -0.2) is 4.79 Å². The summed E-state index contributed by atoms with van der Waals surface area (Å²) in [6, 6.07) is 14.7. The van der Waals surface area contributed by atoms with Gasteiger partial charge in [0.05, 0.1) is 6.04 Å². The molecule has 0 aliphatic carbocycles. The van der Waals surface area contributed by atoms with E-state index in [1.165, 1.54) is 10.6 Å². The molecule has 3 rings (SSSR count). The highest BCUT2D eigenvalue weighted by atomic mass is 32.1. The molecule has 1 unspecified atom stereocenters. The van der Waals surface area contributed by atoms with E-state index in [1.54, 1.807) is 11.3 Å². The minimum Gasteiger partial charge on any atom is -0.368 e. The molecular weight excluding hydrogens is 318 g/mol. The second kappa shape index (κ2) is 7.71. The second-order valence-corrected chi connectivity index (χ2v) is 7.48. The lowest BCUT2D eigenvalue weighted by atomic mass is 10.0. The summed E-state index contributed by atoms with van der Waals surface area (Å²) in [5, 5.41) is 5.29. The molecule has 1 aliphatic heterocycles. The Morgan fingerprint density at radius 3 is 2.33 bits per heavy atom. The number of piperazine rings is 1. The average molecular weight is 343 g/mol. The molecule has 1 saturated heterocycles. The van der Waals surface area contributed by atoms with Crippen LogP contribution in [0.3, 0.4) is 0 Å². The van der Waals surface area contributed by atoms with Crippen LogP contribution in [0.15, 0.2) is 47.8 Å². The fourth-order valence-electron chi connectivity index (χ4n) is 3.07. The summed E-state index contributed by atoms with van der Waals surface area (Å²) in [7, 11) is 0. The van der Waals surface area contributed by atoms with Gasteiger partial charge in [-0.2, -0.15) is 0 Å². The van der Waals surface area contributed by atoms with Crippen LogP contribution in [0.25, 0.3) is 0 Å². The molecule has 0 radical (unpaired) electrons. The van der Waals surface area contributed by atoms with Crippen LogP contribution in [-0.2, 0) is 0 Å². The molecule has 5 heteroatoms. The highest BCUT2D eigenvalue weighted by molar-refractivity contribution is 7.10. The number of nitrogens with zero attached hydrogens (tertiary/aromatic N) is 2. The normalized spacial score (nSPS) is 16.3. The first-order valence-corrected chi connectivity index (χ1v) is 9.42. The number of urea groups is 1. The van der Waals surface area contributed by atoms with Gasteiger partial charge in [0.15, 0.2) is 0 Å². The van der Waals surface area contributed by atoms with Crippen molar-refractivity contribution in [2.24, 2.45) is 5.92 Å². The Balaban J connectivity index is 1.57. The lowest BCUT2D eigenvalue weighted by molar-refractivity contribution is 0.187. The van der Waals surface area contributed by atoms with Crippen molar-refractivity contribution >= 4 is 23.1 Å². The molecule has 1 aromatic heterocycles. The van der Waals surface area contributed by atoms with E-state index in [4.69, 9.17) is 0 Å². The second-order valence-electron chi connectivity index (χ2n) is 6.50. The van der Waals surface area contributed by atoms with Crippen LogP contribution in [0.1, 0.15) is 24.8 Å². The fourth-order valence-corrected chi connectivity index (χ4v) is 4.01. The zero-order valence-electron chi connectivity index (χ0n) is 14.3. The molecule has 2 aromatic rings. The molecule has 0 saturated carbocycles. The number of rotatable bonds is 4. The van der Waals surface area contributed by atoms with Crippen molar-refractivity contribution < 1.29 is 4.79 Å². The first-order valence-electron chi connectivity index (χ1n) is 8.54. The summed E-state index contributed by atoms with van der Waals surface area (Å²) >= 11 is 1.70. The third kappa shape index (κ3) is 3.90. The Kier molecular flexibility index (Phi) is 5.41. The van der Waals surface area contributed by atoms with Gasteiger partial charge in [0.25, 0.3) is 0 Å². The zero-order chi connectivity index (χ0) is 16.9. The molecule has 0 bridgehead atoms. The number of thiophene rings is 1. The van der Waals surface area contributed by atoms with Crippen molar-refractivity contribution in [3.8, 4) is 0 Å². The van der Waals surface area contributed by atoms with E-state index < -0.39 is 0 Å². The van der Waals surface area contributed by atoms with Gasteiger partial charge in [-0.15, -0.1) is 11.3 Å². The van der Waals surface area contributed by atoms with Crippen molar-refractivity contribution in [3.63, 3.8) is 0 Å². The topological polar surface area (TPSA) is 35.6 Å². The smallest absolute Gasteiger partial charge is 0.318 e. The largest absolute Gasteiger partial charge is 0.368 e. The lowest BCUT2D eigenvalue weighted by Crippen LogP contribution is -2.52. The van der Waals surface area contributed by atoms with Crippen LogP contribution >= 0.6 is 11.3 Å². The average Bonchev–Trinajstić information content (AvgIpc) is 3.14. The Morgan fingerprint density at radius 1 is 1.04 bits per heavy atom. The zero-order valence-corrected chi connectivity index (χ0v) is 15.1. The summed E-state index contributed by atoms with van der Waals surface area (Å²) in [6.45, 7) is 7.58. The first-order chi connectivity index (χ1) is 11.6. The number of amides is 2. The maximum Gasteiger partial charge on any atom is 0.318 e. The molecular formula is C19H25N3OS. The van der Waals surface area contributed by atoms with Crippen LogP contribution < -0.4 is 10.2 Å². The maximum atomic E-state index is 12.7. The predicted molar refractivity (Wildman–Crippen MR) is 101 cm³/mol. The van der Waals surface area contributed by atoms with Gasteiger partial charge < -0.3 is 15.1 Å². The molecule has 1 fully saturated rings. The van der Waals surface area contributed by atoms with E-state index >= 15 is 0 Å². The SMILES string of the molecule is CC(C)C(NC(=O)N1CCN(c2ccccc2)CC1)c1cccs1. The quantitative estimate of drug-likeness (QED) is 0.911. The number of benzene rings is 1. The molecule has 1 atom stereocenters. The minimum atomic E-state index is 0.0508. The van der Waals surface area contributed by atoms with Crippen LogP contribution in [0.4, 0.5) is 10.5 Å². The van der Waals surface area contributed by atoms with Gasteiger partial charge in [-0.3, -0.25) is 0 Å². The molecule has 1 aromatic carbocycles. The van der Waals surface area contributed by atoms with Gasteiger partial charge in [0.2, 0.25) is 0 Å². The molecule has 4 nitrogen and oxygen atoms in total. The van der Waals surface area contributed by atoms with E-state index in [0.717, 1.165) is 26.2 Å². The van der Waals surface area contributed by atoms with Crippen molar-refractivity contribution in [2.75, 3.05) is 31.1 Å². The van der Waals surface area contributed by atoms with E-state index in [-0.39, 0.29) is 12.1 Å². The molecule has 0 spiro atoms. The summed E-state index contributed by atoms with van der Waals surface area (Å²) < 4.78 is 0. The number of carbonyl (C=O) groups excluding carboxylic acids is 1.